The summed E-state index contributed by atoms with van der Waals surface area (Å²) in [5.41, 5.74) is 1.65. The van der Waals surface area contributed by atoms with Gasteiger partial charge in [0.05, 0.1) is 23.0 Å². The molecule has 4 saturated carbocycles. The minimum absolute atomic E-state index is 0.0147. The highest BCUT2D eigenvalue weighted by atomic mass is 32.1. The Hall–Kier alpha value is -2.71. The van der Waals surface area contributed by atoms with Gasteiger partial charge in [-0.3, -0.25) is 4.79 Å². The van der Waals surface area contributed by atoms with E-state index in [9.17, 15) is 9.90 Å². The number of aromatic nitrogens is 2. The van der Waals surface area contributed by atoms with Gasteiger partial charge in [0, 0.05) is 12.6 Å². The lowest BCUT2D eigenvalue weighted by molar-refractivity contribution is -0.136. The molecule has 0 saturated heterocycles. The zero-order chi connectivity index (χ0) is 24.2. The van der Waals surface area contributed by atoms with Crippen molar-refractivity contribution in [3.63, 3.8) is 0 Å². The van der Waals surface area contributed by atoms with Crippen LogP contribution < -0.4 is 15.4 Å². The van der Waals surface area contributed by atoms with E-state index in [-0.39, 0.29) is 11.9 Å². The number of ether oxygens (including phenoxy) is 1. The second-order valence-electron chi connectivity index (χ2n) is 10.7. The number of aryl methyl sites for hydroxylation is 1. The molecule has 8 heteroatoms. The molecule has 2 atom stereocenters. The van der Waals surface area contributed by atoms with Crippen LogP contribution in [0.1, 0.15) is 52.9 Å². The normalized spacial score (nSPS) is 28.9. The number of hydrogen-bond acceptors (Lipinski definition) is 7. The van der Waals surface area contributed by atoms with E-state index in [1.807, 2.05) is 19.1 Å². The van der Waals surface area contributed by atoms with E-state index in [0.29, 0.717) is 22.6 Å². The Labute approximate surface area is 209 Å². The number of carbonyl (C=O) groups excluding carboxylic acids is 1. The van der Waals surface area contributed by atoms with Gasteiger partial charge in [-0.25, -0.2) is 9.97 Å². The lowest BCUT2D eigenvalue weighted by Gasteiger charge is -2.58. The topological polar surface area (TPSA) is 96.4 Å². The summed E-state index contributed by atoms with van der Waals surface area (Å²) in [7, 11) is 1.67. The van der Waals surface area contributed by atoms with Crippen molar-refractivity contribution in [1.82, 2.24) is 15.3 Å². The highest BCUT2D eigenvalue weighted by Gasteiger charge is 2.55. The Balaban J connectivity index is 1.17. The van der Waals surface area contributed by atoms with Gasteiger partial charge < -0.3 is 20.5 Å². The molecule has 184 valence electrons. The molecule has 3 aromatic rings. The maximum Gasteiger partial charge on any atom is 0.261 e. The van der Waals surface area contributed by atoms with E-state index in [0.717, 1.165) is 72.4 Å². The van der Waals surface area contributed by atoms with Crippen molar-refractivity contribution in [2.45, 2.75) is 57.1 Å². The second kappa shape index (κ2) is 8.75. The number of nitrogens with zero attached hydrogens (tertiary/aromatic N) is 2. The van der Waals surface area contributed by atoms with Crippen molar-refractivity contribution in [1.29, 1.82) is 0 Å². The molecule has 2 unspecified atom stereocenters. The van der Waals surface area contributed by atoms with Gasteiger partial charge in [-0.15, -0.1) is 11.3 Å². The maximum absolute atomic E-state index is 13.4. The number of carbonyl (C=O) groups is 1. The maximum atomic E-state index is 13.4. The fourth-order valence-corrected chi connectivity index (χ4v) is 8.03. The van der Waals surface area contributed by atoms with Gasteiger partial charge in [0.2, 0.25) is 0 Å². The fraction of sp³-hybridized carbons (Fsp3) is 0.519. The number of hydrogen-bond donors (Lipinski definition) is 3. The number of benzene rings is 1. The van der Waals surface area contributed by atoms with Crippen molar-refractivity contribution in [2.24, 2.45) is 17.8 Å². The Morgan fingerprint density at radius 2 is 1.91 bits per heavy atom. The largest absolute Gasteiger partial charge is 0.497 e. The summed E-state index contributed by atoms with van der Waals surface area (Å²) in [6, 6.07) is 8.23. The number of fused-ring (bicyclic) bond motifs is 1. The first-order valence-corrected chi connectivity index (χ1v) is 13.4. The van der Waals surface area contributed by atoms with Gasteiger partial charge in [0.15, 0.2) is 0 Å². The van der Waals surface area contributed by atoms with Crippen molar-refractivity contribution < 1.29 is 14.6 Å². The smallest absolute Gasteiger partial charge is 0.261 e. The van der Waals surface area contributed by atoms with Crippen molar-refractivity contribution >= 4 is 33.3 Å². The predicted molar refractivity (Wildman–Crippen MR) is 137 cm³/mol. The zero-order valence-electron chi connectivity index (χ0n) is 20.2. The third kappa shape index (κ3) is 4.16. The number of thiophene rings is 1. The van der Waals surface area contributed by atoms with E-state index in [1.54, 1.807) is 13.4 Å². The third-order valence-electron chi connectivity index (χ3n) is 8.34. The SMILES string of the molecule is COc1ccc(CCNc2ncnc3sc(C(=O)NC4C5CC6CC4CC(O)(C6)C5)c(C)c23)cc1. The quantitative estimate of drug-likeness (QED) is 0.454. The molecule has 2 heterocycles. The molecule has 35 heavy (non-hydrogen) atoms. The molecular formula is C27H32N4O3S. The summed E-state index contributed by atoms with van der Waals surface area (Å²) >= 11 is 1.44. The second-order valence-corrected chi connectivity index (χ2v) is 11.7. The standard InChI is InChI=1S/C27H32N4O3S/c1-15-21-24(28-8-7-16-3-5-20(34-2)6-4-16)29-14-30-26(21)35-23(15)25(32)31-22-18-9-17-10-19(22)13-27(33,11-17)12-18/h3-6,14,17-19,22,33H,7-13H2,1-2H3,(H,31,32)(H,28,29,30). The van der Waals surface area contributed by atoms with E-state index in [2.05, 4.69) is 32.7 Å². The number of rotatable bonds is 7. The lowest BCUT2D eigenvalue weighted by atomic mass is 9.52. The molecule has 7 nitrogen and oxygen atoms in total. The van der Waals surface area contributed by atoms with Gasteiger partial charge in [0.1, 0.15) is 22.7 Å². The summed E-state index contributed by atoms with van der Waals surface area (Å²) in [6.07, 6.45) is 7.26. The van der Waals surface area contributed by atoms with Crippen molar-refractivity contribution in [2.75, 3.05) is 19.0 Å². The van der Waals surface area contributed by atoms with Crippen LogP contribution in [-0.4, -0.2) is 46.3 Å². The highest BCUT2D eigenvalue weighted by molar-refractivity contribution is 7.20. The summed E-state index contributed by atoms with van der Waals surface area (Å²) in [5.74, 6) is 3.01. The fourth-order valence-electron chi connectivity index (χ4n) is 6.97. The molecule has 4 fully saturated rings. The van der Waals surface area contributed by atoms with Crippen LogP contribution in [0.4, 0.5) is 5.82 Å². The Kier molecular flexibility index (Phi) is 5.68. The minimum Gasteiger partial charge on any atom is -0.497 e. The van der Waals surface area contributed by atoms with Crippen LogP contribution in [-0.2, 0) is 6.42 Å². The first-order valence-electron chi connectivity index (χ1n) is 12.6. The molecule has 0 spiro atoms. The Morgan fingerprint density at radius 1 is 1.17 bits per heavy atom. The van der Waals surface area contributed by atoms with Gasteiger partial charge in [-0.1, -0.05) is 12.1 Å². The molecule has 0 aliphatic heterocycles. The molecule has 2 aromatic heterocycles. The molecular weight excluding hydrogens is 460 g/mol. The highest BCUT2D eigenvalue weighted by Crippen LogP contribution is 2.55. The first-order chi connectivity index (χ1) is 16.9. The van der Waals surface area contributed by atoms with Gasteiger partial charge in [-0.2, -0.15) is 0 Å². The summed E-state index contributed by atoms with van der Waals surface area (Å²) in [5, 5.41) is 18.6. The number of methoxy groups -OCH3 is 1. The Bertz CT molecular complexity index is 1240. The number of aliphatic hydroxyl groups is 1. The molecule has 4 aliphatic rings. The zero-order valence-corrected chi connectivity index (χ0v) is 21.0. The lowest BCUT2D eigenvalue weighted by Crippen LogP contribution is -2.61. The molecule has 0 radical (unpaired) electrons. The van der Waals surface area contributed by atoms with Gasteiger partial charge >= 0.3 is 0 Å². The van der Waals surface area contributed by atoms with Crippen LogP contribution in [0.2, 0.25) is 0 Å². The first kappa shape index (κ1) is 22.7. The Morgan fingerprint density at radius 3 is 2.60 bits per heavy atom. The van der Waals surface area contributed by atoms with Crippen LogP contribution in [0.25, 0.3) is 10.2 Å². The van der Waals surface area contributed by atoms with E-state index in [1.165, 1.54) is 16.9 Å². The molecule has 1 aromatic carbocycles. The van der Waals surface area contributed by atoms with E-state index in [4.69, 9.17) is 4.74 Å². The average Bonchev–Trinajstić information content (AvgIpc) is 3.18. The summed E-state index contributed by atoms with van der Waals surface area (Å²) < 4.78 is 5.23. The molecule has 7 rings (SSSR count). The predicted octanol–water partition coefficient (Wildman–Crippen LogP) is 4.33. The van der Waals surface area contributed by atoms with Crippen LogP contribution in [0, 0.1) is 24.7 Å². The van der Waals surface area contributed by atoms with E-state index < -0.39 is 5.60 Å². The number of anilines is 1. The summed E-state index contributed by atoms with van der Waals surface area (Å²) in [4.78, 5) is 23.9. The molecule has 3 N–H and O–H groups in total. The van der Waals surface area contributed by atoms with Crippen LogP contribution in [0.15, 0.2) is 30.6 Å². The van der Waals surface area contributed by atoms with E-state index >= 15 is 0 Å². The van der Waals surface area contributed by atoms with Crippen LogP contribution in [0.5, 0.6) is 5.75 Å². The average molecular weight is 493 g/mol. The molecule has 4 aliphatic carbocycles. The van der Waals surface area contributed by atoms with Crippen LogP contribution in [0.3, 0.4) is 0 Å². The third-order valence-corrected chi connectivity index (χ3v) is 9.54. The monoisotopic (exact) mass is 492 g/mol. The van der Waals surface area contributed by atoms with Crippen LogP contribution >= 0.6 is 11.3 Å². The van der Waals surface area contributed by atoms with Gasteiger partial charge in [0.25, 0.3) is 5.91 Å². The number of amides is 1. The molecule has 4 bridgehead atoms. The van der Waals surface area contributed by atoms with Crippen molar-refractivity contribution in [3.8, 4) is 5.75 Å². The van der Waals surface area contributed by atoms with Gasteiger partial charge in [-0.05, 0) is 86.5 Å². The minimum atomic E-state index is -0.493. The molecule has 1 amide bonds. The number of nitrogens with one attached hydrogen (secondary N) is 2. The summed E-state index contributed by atoms with van der Waals surface area (Å²) in [6.45, 7) is 2.72. The van der Waals surface area contributed by atoms with Crippen molar-refractivity contribution in [3.05, 3.63) is 46.6 Å².